The molecule has 0 spiro atoms. The topological polar surface area (TPSA) is 114 Å². The molecule has 1 unspecified atom stereocenters. The monoisotopic (exact) mass is 511 g/mol. The number of rotatable bonds is 9. The average Bonchev–Trinajstić information content (AvgIpc) is 3.22. The number of benzene rings is 2. The number of ether oxygens (including phenoxy) is 1. The molecule has 0 aromatic heterocycles. The number of thioether (sulfide) groups is 1. The van der Waals surface area contributed by atoms with E-state index in [0.29, 0.717) is 12.2 Å². The Balaban J connectivity index is 1.78. The van der Waals surface area contributed by atoms with Crippen LogP contribution < -0.4 is 16.0 Å². The van der Waals surface area contributed by atoms with Crippen LogP contribution in [0, 0.1) is 0 Å². The lowest BCUT2D eigenvalue weighted by atomic mass is 10.0. The maximum absolute atomic E-state index is 13.4. The van der Waals surface area contributed by atoms with Gasteiger partial charge in [-0.25, -0.2) is 4.79 Å². The zero-order valence-corrected chi connectivity index (χ0v) is 21.6. The van der Waals surface area contributed by atoms with Crippen molar-refractivity contribution in [1.29, 1.82) is 0 Å². The lowest BCUT2D eigenvalue weighted by Crippen LogP contribution is -2.56. The molecule has 1 heterocycles. The van der Waals surface area contributed by atoms with Crippen LogP contribution in [-0.4, -0.2) is 52.5 Å². The van der Waals surface area contributed by atoms with Crippen LogP contribution in [0.4, 0.5) is 4.79 Å². The van der Waals surface area contributed by atoms with Crippen molar-refractivity contribution >= 4 is 34.8 Å². The van der Waals surface area contributed by atoms with Gasteiger partial charge in [0.15, 0.2) is 0 Å². The quantitative estimate of drug-likeness (QED) is 0.477. The molecule has 192 valence electrons. The molecule has 2 aromatic rings. The molecule has 0 radical (unpaired) electrons. The van der Waals surface area contributed by atoms with Gasteiger partial charge in [0.25, 0.3) is 0 Å². The number of nitrogens with one attached hydrogen (secondary N) is 3. The molecule has 8 nitrogen and oxygen atoms in total. The molecule has 3 atom stereocenters. The first kappa shape index (κ1) is 27.3. The van der Waals surface area contributed by atoms with Crippen molar-refractivity contribution in [1.82, 2.24) is 16.0 Å². The van der Waals surface area contributed by atoms with E-state index in [-0.39, 0.29) is 18.0 Å². The summed E-state index contributed by atoms with van der Waals surface area (Å²) in [5, 5.41) is 8.15. The fourth-order valence-corrected chi connectivity index (χ4v) is 4.67. The minimum absolute atomic E-state index is 0.0818. The van der Waals surface area contributed by atoms with Gasteiger partial charge in [0.2, 0.25) is 16.9 Å². The van der Waals surface area contributed by atoms with E-state index in [0.717, 1.165) is 11.1 Å². The van der Waals surface area contributed by atoms with Gasteiger partial charge in [0.1, 0.15) is 17.7 Å². The maximum Gasteiger partial charge on any atom is 0.408 e. The fourth-order valence-electron chi connectivity index (χ4n) is 3.74. The Labute approximate surface area is 215 Å². The molecule has 3 N–H and O–H groups in total. The Hall–Kier alpha value is -3.33. The predicted molar refractivity (Wildman–Crippen MR) is 139 cm³/mol. The molecule has 36 heavy (non-hydrogen) atoms. The van der Waals surface area contributed by atoms with Gasteiger partial charge >= 0.3 is 6.09 Å². The summed E-state index contributed by atoms with van der Waals surface area (Å²) < 4.78 is 5.36. The number of amides is 3. The predicted octanol–water partition coefficient (Wildman–Crippen LogP) is 3.00. The Morgan fingerprint density at radius 3 is 1.89 bits per heavy atom. The third-order valence-corrected chi connectivity index (χ3v) is 6.47. The summed E-state index contributed by atoms with van der Waals surface area (Å²) in [6, 6.07) is 16.1. The van der Waals surface area contributed by atoms with Gasteiger partial charge < -0.3 is 20.7 Å². The summed E-state index contributed by atoms with van der Waals surface area (Å²) in [4.78, 5) is 51.2. The lowest BCUT2D eigenvalue weighted by molar-refractivity contribution is -0.131. The van der Waals surface area contributed by atoms with Crippen molar-refractivity contribution in [2.45, 2.75) is 63.8 Å². The van der Waals surface area contributed by atoms with E-state index in [1.54, 1.807) is 20.8 Å². The molecule has 0 aliphatic carbocycles. The minimum atomic E-state index is -0.975. The van der Waals surface area contributed by atoms with E-state index >= 15 is 0 Å². The zero-order chi connectivity index (χ0) is 26.1. The smallest absolute Gasteiger partial charge is 0.408 e. The van der Waals surface area contributed by atoms with Gasteiger partial charge in [-0.3, -0.25) is 14.4 Å². The van der Waals surface area contributed by atoms with Crippen LogP contribution in [0.5, 0.6) is 0 Å². The Kier molecular flexibility index (Phi) is 9.52. The van der Waals surface area contributed by atoms with E-state index in [9.17, 15) is 19.2 Å². The molecule has 1 fully saturated rings. The van der Waals surface area contributed by atoms with Crippen molar-refractivity contribution in [2.75, 3.05) is 5.75 Å². The molecular formula is C27H33N3O5S. The second-order valence-corrected chi connectivity index (χ2v) is 10.8. The number of carbonyl (C=O) groups is 4. The second-order valence-electron chi connectivity index (χ2n) is 9.66. The van der Waals surface area contributed by atoms with Crippen LogP contribution in [0.15, 0.2) is 60.7 Å². The first-order valence-electron chi connectivity index (χ1n) is 12.0. The van der Waals surface area contributed by atoms with E-state index in [2.05, 4.69) is 16.0 Å². The highest BCUT2D eigenvalue weighted by Crippen LogP contribution is 2.19. The molecule has 1 saturated heterocycles. The highest BCUT2D eigenvalue weighted by Gasteiger charge is 2.32. The fraction of sp³-hybridized carbons (Fsp3) is 0.407. The molecule has 2 aromatic carbocycles. The normalized spacial score (nSPS) is 17.1. The average molecular weight is 512 g/mol. The van der Waals surface area contributed by atoms with Crippen molar-refractivity contribution < 1.29 is 23.9 Å². The number of carbonyl (C=O) groups excluding carboxylic acids is 4. The van der Waals surface area contributed by atoms with Crippen LogP contribution in [0.3, 0.4) is 0 Å². The number of hydrogen-bond acceptors (Lipinski definition) is 6. The van der Waals surface area contributed by atoms with Crippen LogP contribution in [0.1, 0.15) is 38.3 Å². The van der Waals surface area contributed by atoms with Gasteiger partial charge in [-0.05, 0) is 38.3 Å². The zero-order valence-electron chi connectivity index (χ0n) is 20.8. The molecule has 9 heteroatoms. The minimum Gasteiger partial charge on any atom is -0.444 e. The maximum atomic E-state index is 13.4. The number of alkyl carbamates (subject to hydrolysis) is 1. The summed E-state index contributed by atoms with van der Waals surface area (Å²) in [6.07, 6.45) is 0.273. The van der Waals surface area contributed by atoms with Crippen molar-refractivity contribution in [2.24, 2.45) is 0 Å². The molecule has 3 rings (SSSR count). The molecule has 3 amide bonds. The van der Waals surface area contributed by atoms with Crippen molar-refractivity contribution in [3.05, 3.63) is 71.8 Å². The Bertz CT molecular complexity index is 1060. The second kappa shape index (κ2) is 12.6. The van der Waals surface area contributed by atoms with Gasteiger partial charge in [0.05, 0.1) is 6.04 Å². The summed E-state index contributed by atoms with van der Waals surface area (Å²) in [6.45, 7) is 5.21. The van der Waals surface area contributed by atoms with Crippen molar-refractivity contribution in [3.8, 4) is 0 Å². The van der Waals surface area contributed by atoms with E-state index in [4.69, 9.17) is 4.74 Å². The van der Waals surface area contributed by atoms with Crippen LogP contribution in [-0.2, 0) is 32.0 Å². The summed E-state index contributed by atoms with van der Waals surface area (Å²) in [5.74, 6) is -0.310. The summed E-state index contributed by atoms with van der Waals surface area (Å²) in [5.41, 5.74) is 0.954. The van der Waals surface area contributed by atoms with Crippen molar-refractivity contribution in [3.63, 3.8) is 0 Å². The molecule has 0 saturated carbocycles. The van der Waals surface area contributed by atoms with Crippen LogP contribution in [0.2, 0.25) is 0 Å². The molecule has 1 aliphatic heterocycles. The van der Waals surface area contributed by atoms with E-state index in [1.807, 2.05) is 60.7 Å². The van der Waals surface area contributed by atoms with E-state index in [1.165, 1.54) is 11.8 Å². The Morgan fingerprint density at radius 2 is 1.42 bits per heavy atom. The SMILES string of the molecule is CC(C)(C)OC(=O)N[C@@H](Cc1ccccc1)C(=O)N[C@@H](Cc1ccccc1)C(=O)NC1CCSC1=O. The van der Waals surface area contributed by atoms with Gasteiger partial charge in [-0.2, -0.15) is 0 Å². The first-order chi connectivity index (χ1) is 17.1. The van der Waals surface area contributed by atoms with Gasteiger partial charge in [0, 0.05) is 18.6 Å². The van der Waals surface area contributed by atoms with Crippen LogP contribution in [0.25, 0.3) is 0 Å². The molecular weight excluding hydrogens is 478 g/mol. The van der Waals surface area contributed by atoms with Crippen LogP contribution >= 0.6 is 11.8 Å². The largest absolute Gasteiger partial charge is 0.444 e. The van der Waals surface area contributed by atoms with Gasteiger partial charge in [-0.15, -0.1) is 0 Å². The lowest BCUT2D eigenvalue weighted by Gasteiger charge is -2.26. The standard InChI is InChI=1S/C27H33N3O5S/c1-27(2,3)35-26(34)30-22(17-19-12-8-5-9-13-19)24(32)29-21(16-18-10-6-4-7-11-18)23(31)28-20-14-15-36-25(20)33/h4-13,20-22H,14-17H2,1-3H3,(H,28,31)(H,29,32)(H,30,34)/t20?,21-,22-/m0/s1. The number of hydrogen-bond donors (Lipinski definition) is 3. The Morgan fingerprint density at radius 1 is 0.889 bits per heavy atom. The van der Waals surface area contributed by atoms with Gasteiger partial charge in [-0.1, -0.05) is 72.4 Å². The third kappa shape index (κ3) is 8.71. The summed E-state index contributed by atoms with van der Waals surface area (Å²) in [7, 11) is 0. The molecule has 1 aliphatic rings. The molecule has 0 bridgehead atoms. The highest BCUT2D eigenvalue weighted by molar-refractivity contribution is 8.14. The third-order valence-electron chi connectivity index (χ3n) is 5.46. The van der Waals surface area contributed by atoms with E-state index < -0.39 is 41.6 Å². The first-order valence-corrected chi connectivity index (χ1v) is 12.9. The summed E-state index contributed by atoms with van der Waals surface area (Å²) >= 11 is 1.19. The highest BCUT2D eigenvalue weighted by atomic mass is 32.2.